The lowest BCUT2D eigenvalue weighted by molar-refractivity contribution is -0.139. The third-order valence-corrected chi connectivity index (χ3v) is 3.77. The maximum atomic E-state index is 12.3. The van der Waals surface area contributed by atoms with Crippen LogP contribution < -0.4 is 5.32 Å². The van der Waals surface area contributed by atoms with E-state index < -0.39 is 80.0 Å². The minimum atomic E-state index is -1.85. The predicted molar refractivity (Wildman–Crippen MR) is 98.8 cm³/mol. The number of alkyl carbamates (subject to hydrolysis) is 1. The molecule has 0 aromatic carbocycles. The lowest BCUT2D eigenvalue weighted by Gasteiger charge is -2.29. The van der Waals surface area contributed by atoms with E-state index in [1.54, 1.807) is 20.8 Å². The number of carboxylic acid groups (broad SMARTS) is 1. The topological polar surface area (TPSA) is 197 Å². The van der Waals surface area contributed by atoms with Crippen LogP contribution in [0.2, 0.25) is 0 Å². The molecule has 0 aliphatic carbocycles. The van der Waals surface area contributed by atoms with E-state index >= 15 is 0 Å². The average molecular weight is 424 g/mol. The number of rotatable bonds is 11. The number of aliphatic carboxylic acids is 1. The molecule has 0 fully saturated rings. The molecule has 12 nitrogen and oxygen atoms in total. The first-order chi connectivity index (χ1) is 13.2. The Balaban J connectivity index is 4.89. The smallest absolute Gasteiger partial charge is 0.407 e. The summed E-state index contributed by atoms with van der Waals surface area (Å²) in [5.74, 6) is -1.91. The lowest BCUT2D eigenvalue weighted by Crippen LogP contribution is -2.50. The molecule has 0 aliphatic heterocycles. The fourth-order valence-corrected chi connectivity index (χ4v) is 2.28. The summed E-state index contributed by atoms with van der Waals surface area (Å²) in [7, 11) is 1.26. The van der Waals surface area contributed by atoms with E-state index in [2.05, 4.69) is 5.32 Å². The van der Waals surface area contributed by atoms with Gasteiger partial charge >= 0.3 is 12.1 Å². The molecule has 5 atom stereocenters. The second kappa shape index (κ2) is 11.9. The van der Waals surface area contributed by atoms with Crippen molar-refractivity contribution < 1.29 is 49.8 Å². The maximum Gasteiger partial charge on any atom is 0.407 e. The van der Waals surface area contributed by atoms with E-state index in [4.69, 9.17) is 14.9 Å². The van der Waals surface area contributed by atoms with E-state index in [9.17, 15) is 34.8 Å². The van der Waals surface area contributed by atoms with Crippen LogP contribution in [0.3, 0.4) is 0 Å². The summed E-state index contributed by atoms with van der Waals surface area (Å²) in [4.78, 5) is 36.1. The number of amides is 2. The number of aliphatic hydroxyl groups excluding tert-OH is 5. The summed E-state index contributed by atoms with van der Waals surface area (Å²) in [5.41, 5.74) is -0.821. The van der Waals surface area contributed by atoms with E-state index in [1.165, 1.54) is 7.05 Å². The van der Waals surface area contributed by atoms with Crippen LogP contribution in [0, 0.1) is 0 Å². The molecule has 170 valence electrons. The van der Waals surface area contributed by atoms with Crippen LogP contribution in [-0.4, -0.2) is 110 Å². The van der Waals surface area contributed by atoms with Crippen LogP contribution in [0.5, 0.6) is 0 Å². The highest BCUT2D eigenvalue weighted by atomic mass is 16.6. The van der Waals surface area contributed by atoms with Gasteiger partial charge in [-0.1, -0.05) is 0 Å². The Morgan fingerprint density at radius 3 is 1.97 bits per heavy atom. The molecule has 0 saturated carbocycles. The van der Waals surface area contributed by atoms with Crippen molar-refractivity contribution in [3.63, 3.8) is 0 Å². The lowest BCUT2D eigenvalue weighted by atomic mass is 10.0. The number of carbonyl (C=O) groups excluding carboxylic acids is 2. The van der Waals surface area contributed by atoms with Gasteiger partial charge in [-0.05, 0) is 20.8 Å². The molecule has 0 aliphatic rings. The molecule has 0 spiro atoms. The Labute approximate surface area is 168 Å². The number of carbonyl (C=O) groups is 3. The summed E-state index contributed by atoms with van der Waals surface area (Å²) >= 11 is 0. The van der Waals surface area contributed by atoms with Gasteiger partial charge in [0, 0.05) is 20.0 Å². The van der Waals surface area contributed by atoms with Gasteiger partial charge in [0.25, 0.3) is 0 Å². The summed E-state index contributed by atoms with van der Waals surface area (Å²) in [6.45, 7) is 3.56. The molecule has 0 heterocycles. The number of nitrogens with zero attached hydrogens (tertiary/aromatic N) is 1. The van der Waals surface area contributed by atoms with Crippen molar-refractivity contribution in [1.29, 1.82) is 0 Å². The quantitative estimate of drug-likeness (QED) is 0.188. The first kappa shape index (κ1) is 27.0. The Bertz CT molecular complexity index is 551. The normalized spacial score (nSPS) is 16.9. The molecule has 29 heavy (non-hydrogen) atoms. The number of ether oxygens (including phenoxy) is 1. The largest absolute Gasteiger partial charge is 0.481 e. The molecule has 0 radical (unpaired) electrons. The molecule has 2 amide bonds. The van der Waals surface area contributed by atoms with Crippen molar-refractivity contribution in [2.45, 2.75) is 69.7 Å². The third kappa shape index (κ3) is 10.9. The highest BCUT2D eigenvalue weighted by Crippen LogP contribution is 2.10. The van der Waals surface area contributed by atoms with Crippen LogP contribution >= 0.6 is 0 Å². The molecule has 0 aromatic rings. The summed E-state index contributed by atoms with van der Waals surface area (Å²) in [5, 5.41) is 58.6. The van der Waals surface area contributed by atoms with Gasteiger partial charge in [0.2, 0.25) is 5.91 Å². The Morgan fingerprint density at radius 2 is 1.52 bits per heavy atom. The van der Waals surface area contributed by atoms with Crippen molar-refractivity contribution in [3.8, 4) is 0 Å². The molecule has 0 rings (SSSR count). The van der Waals surface area contributed by atoms with Crippen molar-refractivity contribution in [2.75, 3.05) is 20.2 Å². The fraction of sp³-hybridized carbons (Fsp3) is 0.824. The molecule has 0 bridgehead atoms. The van der Waals surface area contributed by atoms with Crippen LogP contribution in [0.25, 0.3) is 0 Å². The van der Waals surface area contributed by atoms with Gasteiger partial charge in [-0.2, -0.15) is 0 Å². The van der Waals surface area contributed by atoms with Gasteiger partial charge in [-0.15, -0.1) is 0 Å². The van der Waals surface area contributed by atoms with Gasteiger partial charge in [-0.3, -0.25) is 9.59 Å². The minimum Gasteiger partial charge on any atom is -0.481 e. The van der Waals surface area contributed by atoms with Gasteiger partial charge < -0.3 is 45.6 Å². The van der Waals surface area contributed by atoms with E-state index in [-0.39, 0.29) is 0 Å². The van der Waals surface area contributed by atoms with Crippen molar-refractivity contribution in [2.24, 2.45) is 0 Å². The Kier molecular flexibility index (Phi) is 11.1. The zero-order valence-corrected chi connectivity index (χ0v) is 17.0. The standard InChI is InChI=1S/C17H32N2O10/c1-17(2,3)29-16(28)18-9(6-13(24)25)5-12(23)19(4)7-10(21)14(26)15(27)11(22)8-20/h9-11,14-15,20-22,26-27H,5-8H2,1-4H3,(H,18,28)(H,24,25)/t9?,10-,11+,14+,15+/m0/s1. The Hall–Kier alpha value is -1.99. The summed E-state index contributed by atoms with van der Waals surface area (Å²) in [6, 6.07) is -1.08. The number of nitrogens with one attached hydrogen (secondary N) is 1. The number of aliphatic hydroxyl groups is 5. The fourth-order valence-electron chi connectivity index (χ4n) is 2.28. The van der Waals surface area contributed by atoms with Crippen molar-refractivity contribution in [3.05, 3.63) is 0 Å². The van der Waals surface area contributed by atoms with Gasteiger partial charge in [0.05, 0.1) is 19.1 Å². The van der Waals surface area contributed by atoms with Crippen molar-refractivity contribution >= 4 is 18.0 Å². The zero-order valence-electron chi connectivity index (χ0n) is 17.0. The number of likely N-dealkylation sites (N-methyl/N-ethyl adjacent to an activating group) is 1. The second-order valence-corrected chi connectivity index (χ2v) is 7.72. The van der Waals surface area contributed by atoms with Gasteiger partial charge in [0.1, 0.15) is 30.0 Å². The number of carboxylic acids is 1. The molecule has 0 aromatic heterocycles. The van der Waals surface area contributed by atoms with Crippen LogP contribution in [0.15, 0.2) is 0 Å². The van der Waals surface area contributed by atoms with Crippen molar-refractivity contribution in [1.82, 2.24) is 10.2 Å². The van der Waals surface area contributed by atoms with Crippen LogP contribution in [0.4, 0.5) is 4.79 Å². The van der Waals surface area contributed by atoms with E-state index in [0.29, 0.717) is 0 Å². The highest BCUT2D eigenvalue weighted by Gasteiger charge is 2.32. The Morgan fingerprint density at radius 1 is 1.00 bits per heavy atom. The molecule has 7 N–H and O–H groups in total. The summed E-state index contributed by atoms with van der Waals surface area (Å²) in [6.07, 6.45) is -8.89. The number of hydrogen-bond acceptors (Lipinski definition) is 9. The number of hydrogen-bond donors (Lipinski definition) is 7. The molecular formula is C17H32N2O10. The van der Waals surface area contributed by atoms with Crippen LogP contribution in [-0.2, 0) is 14.3 Å². The molecule has 12 heteroatoms. The third-order valence-electron chi connectivity index (χ3n) is 3.77. The molecule has 0 saturated heterocycles. The zero-order chi connectivity index (χ0) is 22.9. The van der Waals surface area contributed by atoms with Crippen LogP contribution in [0.1, 0.15) is 33.6 Å². The minimum absolute atomic E-state index is 0.424. The molecule has 1 unspecified atom stereocenters. The average Bonchev–Trinajstić information content (AvgIpc) is 2.56. The monoisotopic (exact) mass is 424 g/mol. The first-order valence-corrected chi connectivity index (χ1v) is 8.96. The molecular weight excluding hydrogens is 392 g/mol. The maximum absolute atomic E-state index is 12.3. The second-order valence-electron chi connectivity index (χ2n) is 7.72. The van der Waals surface area contributed by atoms with Gasteiger partial charge in [0.15, 0.2) is 0 Å². The van der Waals surface area contributed by atoms with E-state index in [0.717, 1.165) is 4.90 Å². The SMILES string of the molecule is CN(C[C@H](O)[C@@H](O)[C@H](O)[C@H](O)CO)C(=O)CC(CC(=O)O)NC(=O)OC(C)(C)C. The van der Waals surface area contributed by atoms with Gasteiger partial charge in [-0.25, -0.2) is 4.79 Å². The predicted octanol–water partition coefficient (Wildman–Crippen LogP) is -2.36. The first-order valence-electron chi connectivity index (χ1n) is 8.96. The summed E-state index contributed by atoms with van der Waals surface area (Å²) < 4.78 is 5.03. The highest BCUT2D eigenvalue weighted by molar-refractivity contribution is 5.79. The van der Waals surface area contributed by atoms with E-state index in [1.807, 2.05) is 0 Å².